The fourth-order valence-corrected chi connectivity index (χ4v) is 7.86. The number of Topliss-reactive ketones (excluding diaryl/α,β-unsaturated/α-hetero) is 1. The average Bonchev–Trinajstić information content (AvgIpc) is 3.34. The van der Waals surface area contributed by atoms with E-state index in [1.165, 1.54) is 22.8 Å². The third kappa shape index (κ3) is 6.89. The van der Waals surface area contributed by atoms with E-state index < -0.39 is 55.2 Å². The highest BCUT2D eigenvalue weighted by Crippen LogP contribution is 2.49. The molecule has 0 saturated heterocycles. The van der Waals surface area contributed by atoms with Crippen LogP contribution in [-0.2, 0) is 45.4 Å². The fraction of sp³-hybridized carbons (Fsp3) is 0.371. The Balaban J connectivity index is 1.56. The van der Waals surface area contributed by atoms with Crippen LogP contribution in [0.2, 0.25) is 0 Å². The Morgan fingerprint density at radius 3 is 2.24 bits per heavy atom. The predicted molar refractivity (Wildman–Crippen MR) is 186 cm³/mol. The highest BCUT2D eigenvalue weighted by Gasteiger charge is 2.48. The normalized spacial score (nSPS) is 19.6. The molecule has 5 rings (SSSR count). The second kappa shape index (κ2) is 12.9. The SMILES string of the molecule is CC1(C)C(=CC2=C(O)C(=CC3=[N+](CC(=O)NS(C)(=O)=O)c4ccc(S(=O)(=O)O)cc4C3(C)C)C2=O)N(CCCCCC(=O)O)c2ccccc21. The van der Waals surface area contributed by atoms with Crippen LogP contribution < -0.4 is 9.62 Å². The van der Waals surface area contributed by atoms with E-state index in [4.69, 9.17) is 5.11 Å². The number of carbonyl (C=O) groups excluding carboxylic acids is 2. The van der Waals surface area contributed by atoms with E-state index in [0.717, 1.165) is 29.3 Å². The van der Waals surface area contributed by atoms with Gasteiger partial charge in [0.2, 0.25) is 28.0 Å². The number of aliphatic hydroxyl groups excluding tert-OH is 1. The van der Waals surface area contributed by atoms with E-state index in [9.17, 15) is 40.9 Å². The van der Waals surface area contributed by atoms with Crippen LogP contribution in [0, 0.1) is 0 Å². The van der Waals surface area contributed by atoms with Gasteiger partial charge in [-0.15, -0.1) is 0 Å². The zero-order valence-corrected chi connectivity index (χ0v) is 30.0. The molecule has 0 atom stereocenters. The number of aliphatic hydroxyl groups is 1. The number of nitrogens with one attached hydrogen (secondary N) is 1. The maximum Gasteiger partial charge on any atom is 0.303 e. The topological polar surface area (TPSA) is 198 Å². The number of para-hydroxylation sites is 1. The molecule has 0 aromatic heterocycles. The summed E-state index contributed by atoms with van der Waals surface area (Å²) in [7, 11) is -8.51. The van der Waals surface area contributed by atoms with Crippen molar-refractivity contribution in [3.8, 4) is 0 Å². The molecule has 13 nitrogen and oxygen atoms in total. The average molecular weight is 727 g/mol. The number of carboxylic acids is 1. The summed E-state index contributed by atoms with van der Waals surface area (Å²) in [4.78, 5) is 39.3. The molecule has 0 fully saturated rings. The third-order valence-corrected chi connectivity index (χ3v) is 10.8. The van der Waals surface area contributed by atoms with Gasteiger partial charge in [0.05, 0.1) is 27.7 Å². The number of anilines is 1. The lowest BCUT2D eigenvalue weighted by Gasteiger charge is -2.29. The first-order valence-electron chi connectivity index (χ1n) is 15.9. The van der Waals surface area contributed by atoms with E-state index in [0.29, 0.717) is 42.8 Å². The fourth-order valence-electron chi connectivity index (χ4n) is 6.88. The summed E-state index contributed by atoms with van der Waals surface area (Å²) in [6, 6.07) is 11.6. The molecule has 3 aliphatic rings. The highest BCUT2D eigenvalue weighted by atomic mass is 32.2. The van der Waals surface area contributed by atoms with Crippen LogP contribution >= 0.6 is 0 Å². The zero-order valence-electron chi connectivity index (χ0n) is 28.3. The van der Waals surface area contributed by atoms with Gasteiger partial charge in [-0.1, -0.05) is 38.5 Å². The zero-order chi connectivity index (χ0) is 37.0. The first-order chi connectivity index (χ1) is 23.1. The predicted octanol–water partition coefficient (Wildman–Crippen LogP) is 4.03. The van der Waals surface area contributed by atoms with Gasteiger partial charge in [0.25, 0.3) is 16.0 Å². The van der Waals surface area contributed by atoms with Gasteiger partial charge in [-0.2, -0.15) is 13.0 Å². The summed E-state index contributed by atoms with van der Waals surface area (Å²) >= 11 is 0. The first-order valence-corrected chi connectivity index (χ1v) is 19.3. The first kappa shape index (κ1) is 36.7. The van der Waals surface area contributed by atoms with Crippen LogP contribution in [0.1, 0.15) is 64.5 Å². The minimum absolute atomic E-state index is 0.0511. The molecule has 266 valence electrons. The van der Waals surface area contributed by atoms with Crippen LogP contribution in [0.15, 0.2) is 82.1 Å². The standard InChI is InChI=1S/C35H39N3O10S2/c1-34(2)24-11-8-9-12-26(24)37(16-10-6-7-13-31(40)41)28(34)18-22-32(42)23(33(22)43)19-29-35(3,4)25-17-21(50(46,47)48)14-15-27(25)38(29)20-30(39)36-49(5,44)45/h8-9,11-12,14-15,17-19H,6-7,10,13,16,20H2,1-5H3,(H3-,36,39,40,41,42,43,46,47,48)/p+1. The van der Waals surface area contributed by atoms with Crippen molar-refractivity contribution in [3.63, 3.8) is 0 Å². The molecular formula is C35H40N3O10S2+. The second-order valence-corrected chi connectivity index (χ2v) is 16.9. The molecule has 50 heavy (non-hydrogen) atoms. The monoisotopic (exact) mass is 726 g/mol. The summed E-state index contributed by atoms with van der Waals surface area (Å²) in [5.74, 6) is -2.49. The minimum atomic E-state index is -4.59. The van der Waals surface area contributed by atoms with Gasteiger partial charge in [-0.3, -0.25) is 18.9 Å². The number of amides is 1. The van der Waals surface area contributed by atoms with Crippen molar-refractivity contribution in [1.82, 2.24) is 4.72 Å². The molecule has 0 saturated carbocycles. The maximum absolute atomic E-state index is 13.8. The number of hydrogen-bond donors (Lipinski definition) is 4. The molecule has 1 amide bonds. The van der Waals surface area contributed by atoms with Gasteiger partial charge in [0, 0.05) is 47.5 Å². The van der Waals surface area contributed by atoms with Crippen LogP contribution in [0.25, 0.3) is 0 Å². The molecule has 0 bridgehead atoms. The highest BCUT2D eigenvalue weighted by molar-refractivity contribution is 7.89. The summed E-state index contributed by atoms with van der Waals surface area (Å²) in [6.07, 6.45) is 5.92. The van der Waals surface area contributed by atoms with Crippen molar-refractivity contribution in [2.24, 2.45) is 0 Å². The Labute approximate surface area is 291 Å². The Hall–Kier alpha value is -4.60. The summed E-state index contributed by atoms with van der Waals surface area (Å²) < 4.78 is 60.6. The summed E-state index contributed by atoms with van der Waals surface area (Å²) in [5.41, 5.74) is 2.22. The number of nitrogens with zero attached hydrogens (tertiary/aromatic N) is 2. The van der Waals surface area contributed by atoms with E-state index in [-0.39, 0.29) is 28.2 Å². The van der Waals surface area contributed by atoms with Crippen molar-refractivity contribution in [3.05, 3.63) is 88.3 Å². The van der Waals surface area contributed by atoms with Gasteiger partial charge in [-0.25, -0.2) is 13.1 Å². The van der Waals surface area contributed by atoms with Crippen molar-refractivity contribution in [2.45, 2.75) is 69.1 Å². The Kier molecular flexibility index (Phi) is 9.49. The number of aliphatic carboxylic acids is 1. The number of carboxylic acid groups (broad SMARTS) is 1. The molecule has 2 aliphatic heterocycles. The van der Waals surface area contributed by atoms with E-state index in [1.54, 1.807) is 19.9 Å². The number of ketones is 1. The lowest BCUT2D eigenvalue weighted by atomic mass is 9.77. The van der Waals surface area contributed by atoms with Gasteiger partial charge in [0.1, 0.15) is 5.76 Å². The number of rotatable bonds is 12. The summed E-state index contributed by atoms with van der Waals surface area (Å²) in [5, 5.41) is 20.4. The van der Waals surface area contributed by atoms with Crippen LogP contribution in [0.5, 0.6) is 0 Å². The minimum Gasteiger partial charge on any atom is -0.506 e. The second-order valence-electron chi connectivity index (χ2n) is 13.7. The van der Waals surface area contributed by atoms with E-state index in [1.807, 2.05) is 42.8 Å². The number of allylic oxidation sites excluding steroid dienone is 5. The number of benzene rings is 2. The van der Waals surface area contributed by atoms with Crippen molar-refractivity contribution >= 4 is 54.9 Å². The van der Waals surface area contributed by atoms with Gasteiger partial charge < -0.3 is 15.1 Å². The van der Waals surface area contributed by atoms with Crippen LogP contribution in [0.3, 0.4) is 0 Å². The maximum atomic E-state index is 13.8. The van der Waals surface area contributed by atoms with Gasteiger partial charge in [0.15, 0.2) is 5.71 Å². The largest absolute Gasteiger partial charge is 0.506 e. The molecule has 1 aliphatic carbocycles. The lowest BCUT2D eigenvalue weighted by Crippen LogP contribution is -2.37. The Bertz CT molecular complexity index is 2180. The number of unbranched alkanes of at least 4 members (excludes halogenated alkanes) is 2. The van der Waals surface area contributed by atoms with Crippen molar-refractivity contribution < 1.29 is 50.6 Å². The Morgan fingerprint density at radius 1 is 0.940 bits per heavy atom. The van der Waals surface area contributed by atoms with E-state index in [2.05, 4.69) is 4.90 Å². The molecule has 2 aromatic carbocycles. The lowest BCUT2D eigenvalue weighted by molar-refractivity contribution is -0.425. The van der Waals surface area contributed by atoms with Gasteiger partial charge in [-0.05, 0) is 56.5 Å². The number of sulfonamides is 1. The third-order valence-electron chi connectivity index (χ3n) is 9.40. The molecule has 2 aromatic rings. The molecular weight excluding hydrogens is 687 g/mol. The molecule has 0 radical (unpaired) electrons. The summed E-state index contributed by atoms with van der Waals surface area (Å²) in [6.45, 7) is 7.51. The van der Waals surface area contributed by atoms with Crippen molar-refractivity contribution in [1.29, 1.82) is 0 Å². The smallest absolute Gasteiger partial charge is 0.303 e. The van der Waals surface area contributed by atoms with Crippen molar-refractivity contribution in [2.75, 3.05) is 24.2 Å². The Morgan fingerprint density at radius 2 is 1.62 bits per heavy atom. The molecule has 0 spiro atoms. The van der Waals surface area contributed by atoms with E-state index >= 15 is 0 Å². The van der Waals surface area contributed by atoms with Crippen LogP contribution in [0.4, 0.5) is 11.4 Å². The van der Waals surface area contributed by atoms with Crippen LogP contribution in [-0.4, -0.2) is 78.9 Å². The molecule has 4 N–H and O–H groups in total. The molecule has 2 heterocycles. The number of hydrogen-bond acceptors (Lipinski definition) is 9. The molecule has 0 unspecified atom stereocenters. The number of fused-ring (bicyclic) bond motifs is 2. The molecule has 15 heteroatoms. The number of carbonyl (C=O) groups is 3. The van der Waals surface area contributed by atoms with Gasteiger partial charge >= 0.3 is 5.97 Å². The quantitative estimate of drug-likeness (QED) is 0.107.